The molecule has 49 heavy (non-hydrogen) atoms. The van der Waals surface area contributed by atoms with Gasteiger partial charge in [0, 0.05) is 43.4 Å². The lowest BCUT2D eigenvalue weighted by atomic mass is 9.93. The third kappa shape index (κ3) is 6.54. The average Bonchev–Trinajstić information content (AvgIpc) is 3.65. The lowest BCUT2D eigenvalue weighted by molar-refractivity contribution is -0.123. The molecule has 0 radical (unpaired) electrons. The Hall–Kier alpha value is -4.68. The molecule has 4 amide bonds. The van der Waals surface area contributed by atoms with Crippen LogP contribution in [0.5, 0.6) is 0 Å². The first kappa shape index (κ1) is 34.2. The predicted octanol–water partition coefficient (Wildman–Crippen LogP) is 5.25. The number of carbonyl (C=O) groups excluding carboxylic acids is 4. The molecule has 0 aliphatic carbocycles. The van der Waals surface area contributed by atoms with Gasteiger partial charge in [-0.3, -0.25) is 33.5 Å². The molecule has 2 aromatic heterocycles. The fourth-order valence-corrected chi connectivity index (χ4v) is 8.12. The number of carbonyl (C=O) groups is 4. The quantitative estimate of drug-likeness (QED) is 0.164. The number of rotatable bonds is 11. The average molecular weight is 682 g/mol. The van der Waals surface area contributed by atoms with Crippen LogP contribution in [0.2, 0.25) is 0 Å². The molecule has 256 valence electrons. The predicted molar refractivity (Wildman–Crippen MR) is 188 cm³/mol. The highest BCUT2D eigenvalue weighted by atomic mass is 32.1. The molecular formula is C37H43N7O4S. The number of hydrogen-bond acceptors (Lipinski definition) is 8. The van der Waals surface area contributed by atoms with Gasteiger partial charge in [-0.25, -0.2) is 0 Å². The van der Waals surface area contributed by atoms with Gasteiger partial charge in [-0.1, -0.05) is 48.4 Å². The number of benzene rings is 2. The maximum absolute atomic E-state index is 13.4. The van der Waals surface area contributed by atoms with Crippen LogP contribution in [0.25, 0.3) is 5.00 Å². The number of unbranched alkanes of at least 4 members (excludes halogenated alkanes) is 2. The van der Waals surface area contributed by atoms with E-state index in [4.69, 9.17) is 0 Å². The van der Waals surface area contributed by atoms with Crippen molar-refractivity contribution < 1.29 is 19.2 Å². The number of hydrogen-bond donors (Lipinski definition) is 2. The van der Waals surface area contributed by atoms with Crippen LogP contribution in [0.3, 0.4) is 0 Å². The number of imide groups is 1. The molecule has 0 fully saturated rings. The summed E-state index contributed by atoms with van der Waals surface area (Å²) in [5.41, 5.74) is 6.22. The van der Waals surface area contributed by atoms with Gasteiger partial charge in [-0.05, 0) is 70.3 Å². The Balaban J connectivity index is 1.03. The molecule has 11 nitrogen and oxygen atoms in total. The summed E-state index contributed by atoms with van der Waals surface area (Å²) in [6.07, 6.45) is 2.76. The zero-order valence-corrected chi connectivity index (χ0v) is 29.7. The third-order valence-corrected chi connectivity index (χ3v) is 11.0. The number of thiophene rings is 1. The Labute approximate surface area is 290 Å². The molecule has 0 bridgehead atoms. The monoisotopic (exact) mass is 681 g/mol. The van der Waals surface area contributed by atoms with E-state index in [9.17, 15) is 19.2 Å². The van der Waals surface area contributed by atoms with Crippen LogP contribution in [0, 0.1) is 27.7 Å². The standard InChI is InChI=1S/C37H43N7O4S/c1-21-14-16-25(17-15-21)33-31-22(2)23(3)49-37(31)44-24(4)40-41-34(44)28(42(33)5)19-30(46)38-18-9-7-8-13-29(45)39-20-26-11-10-12-27-32(26)36(48)43(6)35(27)47/h10-12,14-17,28,33H,7-9,13,18-20H2,1-6H3,(H,38,46)(H,39,45)/t28-,33?/m0/s1. The molecule has 1 unspecified atom stereocenters. The van der Waals surface area contributed by atoms with E-state index in [1.165, 1.54) is 34.2 Å². The minimum absolute atomic E-state index is 0.0577. The molecule has 2 aromatic carbocycles. The Bertz CT molecular complexity index is 1930. The zero-order valence-electron chi connectivity index (χ0n) is 28.9. The van der Waals surface area contributed by atoms with Crippen LogP contribution < -0.4 is 10.6 Å². The Morgan fingerprint density at radius 3 is 2.39 bits per heavy atom. The smallest absolute Gasteiger partial charge is 0.261 e. The maximum Gasteiger partial charge on any atom is 0.261 e. The Morgan fingerprint density at radius 2 is 1.63 bits per heavy atom. The van der Waals surface area contributed by atoms with E-state index in [1.54, 1.807) is 29.5 Å². The van der Waals surface area contributed by atoms with E-state index >= 15 is 0 Å². The Morgan fingerprint density at radius 1 is 0.878 bits per heavy atom. The van der Waals surface area contributed by atoms with Crippen molar-refractivity contribution in [3.05, 3.63) is 97.9 Å². The van der Waals surface area contributed by atoms with Crippen LogP contribution in [-0.4, -0.2) is 68.8 Å². The number of amides is 4. The second kappa shape index (κ2) is 14.0. The second-order valence-corrected chi connectivity index (χ2v) is 14.3. The molecule has 0 saturated carbocycles. The van der Waals surface area contributed by atoms with E-state index in [0.29, 0.717) is 36.1 Å². The summed E-state index contributed by atoms with van der Waals surface area (Å²) < 4.78 is 2.13. The van der Waals surface area contributed by atoms with Gasteiger partial charge in [0.25, 0.3) is 11.8 Å². The van der Waals surface area contributed by atoms with Crippen molar-refractivity contribution in [2.45, 2.75) is 78.4 Å². The van der Waals surface area contributed by atoms with Gasteiger partial charge in [-0.2, -0.15) is 0 Å². The van der Waals surface area contributed by atoms with Gasteiger partial charge < -0.3 is 10.6 Å². The zero-order chi connectivity index (χ0) is 35.0. The summed E-state index contributed by atoms with van der Waals surface area (Å²) >= 11 is 1.75. The highest BCUT2D eigenvalue weighted by molar-refractivity contribution is 7.14. The summed E-state index contributed by atoms with van der Waals surface area (Å²) in [5.74, 6) is 0.715. The first-order chi connectivity index (χ1) is 23.5. The summed E-state index contributed by atoms with van der Waals surface area (Å²) in [7, 11) is 3.53. The van der Waals surface area contributed by atoms with Crippen molar-refractivity contribution >= 4 is 35.0 Å². The molecule has 0 spiro atoms. The van der Waals surface area contributed by atoms with E-state index in [2.05, 4.69) is 82.4 Å². The molecule has 0 saturated heterocycles. The molecular weight excluding hydrogens is 639 g/mol. The van der Waals surface area contributed by atoms with Crippen molar-refractivity contribution in [1.82, 2.24) is 35.2 Å². The van der Waals surface area contributed by atoms with E-state index in [0.717, 1.165) is 34.4 Å². The lowest BCUT2D eigenvalue weighted by Gasteiger charge is -2.33. The highest BCUT2D eigenvalue weighted by Gasteiger charge is 2.40. The second-order valence-electron chi connectivity index (χ2n) is 13.1. The van der Waals surface area contributed by atoms with Crippen molar-refractivity contribution in [3.8, 4) is 5.00 Å². The summed E-state index contributed by atoms with van der Waals surface area (Å²) in [6.45, 7) is 9.07. The molecule has 12 heteroatoms. The number of nitrogens with zero attached hydrogens (tertiary/aromatic N) is 5. The van der Waals surface area contributed by atoms with Crippen LogP contribution >= 0.6 is 11.3 Å². The van der Waals surface area contributed by atoms with Gasteiger partial charge >= 0.3 is 0 Å². The van der Waals surface area contributed by atoms with Crippen molar-refractivity contribution in [2.75, 3.05) is 20.6 Å². The van der Waals surface area contributed by atoms with Crippen molar-refractivity contribution in [3.63, 3.8) is 0 Å². The molecule has 6 rings (SSSR count). The summed E-state index contributed by atoms with van der Waals surface area (Å²) in [5, 5.41) is 16.1. The van der Waals surface area contributed by atoms with Crippen LogP contribution in [0.15, 0.2) is 42.5 Å². The van der Waals surface area contributed by atoms with Crippen LogP contribution in [0.4, 0.5) is 0 Å². The number of nitrogens with one attached hydrogen (secondary N) is 2. The van der Waals surface area contributed by atoms with E-state index < -0.39 is 0 Å². The minimum atomic E-state index is -0.345. The summed E-state index contributed by atoms with van der Waals surface area (Å²) in [4.78, 5) is 55.3. The largest absolute Gasteiger partial charge is 0.356 e. The molecule has 2 aliphatic heterocycles. The van der Waals surface area contributed by atoms with Crippen LogP contribution in [-0.2, 0) is 16.1 Å². The number of aromatic nitrogens is 3. The fraction of sp³-hybridized carbons (Fsp3) is 0.405. The van der Waals surface area contributed by atoms with Gasteiger partial charge in [0.1, 0.15) is 10.8 Å². The van der Waals surface area contributed by atoms with E-state index in [-0.39, 0.29) is 48.7 Å². The number of fused-ring (bicyclic) bond motifs is 4. The van der Waals surface area contributed by atoms with Crippen molar-refractivity contribution in [1.29, 1.82) is 0 Å². The molecule has 2 aliphatic rings. The highest BCUT2D eigenvalue weighted by Crippen LogP contribution is 2.47. The first-order valence-corrected chi connectivity index (χ1v) is 17.6. The SMILES string of the molecule is Cc1ccc(C2c3c(sc(C)c3C)-n3c(C)nnc3[C@H](CC(=O)NCCCCCC(=O)NCc3cccc4c3C(=O)N(C)C4=O)N2C)cc1. The van der Waals surface area contributed by atoms with E-state index in [1.807, 2.05) is 6.92 Å². The maximum atomic E-state index is 13.4. The lowest BCUT2D eigenvalue weighted by Crippen LogP contribution is -2.35. The third-order valence-electron chi connectivity index (χ3n) is 9.79. The van der Waals surface area contributed by atoms with Gasteiger partial charge in [0.2, 0.25) is 11.8 Å². The molecule has 2 N–H and O–H groups in total. The fourth-order valence-electron chi connectivity index (χ4n) is 6.88. The van der Waals surface area contributed by atoms with Gasteiger partial charge in [0.15, 0.2) is 5.82 Å². The Kier molecular flexibility index (Phi) is 9.80. The summed E-state index contributed by atoms with van der Waals surface area (Å²) in [6, 6.07) is 13.4. The van der Waals surface area contributed by atoms with Gasteiger partial charge in [-0.15, -0.1) is 21.5 Å². The topological polar surface area (TPSA) is 130 Å². The number of aryl methyl sites for hydroxylation is 3. The normalized spacial score (nSPS) is 17.1. The van der Waals surface area contributed by atoms with Gasteiger partial charge in [0.05, 0.1) is 23.2 Å². The van der Waals surface area contributed by atoms with Crippen LogP contribution in [0.1, 0.15) is 109 Å². The molecule has 2 atom stereocenters. The minimum Gasteiger partial charge on any atom is -0.356 e. The molecule has 4 aromatic rings. The molecule has 4 heterocycles. The van der Waals surface area contributed by atoms with Crippen molar-refractivity contribution in [2.24, 2.45) is 0 Å². The first-order valence-electron chi connectivity index (χ1n) is 16.8.